The van der Waals surface area contributed by atoms with Crippen LogP contribution < -0.4 is 10.6 Å². The second-order valence-electron chi connectivity index (χ2n) is 5.43. The lowest BCUT2D eigenvalue weighted by atomic mass is 10.1. The van der Waals surface area contributed by atoms with Gasteiger partial charge < -0.3 is 15.2 Å². The van der Waals surface area contributed by atoms with Gasteiger partial charge >= 0.3 is 0 Å². The molecule has 130 valence electrons. The van der Waals surface area contributed by atoms with Gasteiger partial charge in [0.15, 0.2) is 5.96 Å². The van der Waals surface area contributed by atoms with E-state index in [1.165, 1.54) is 6.07 Å². The van der Waals surface area contributed by atoms with Crippen molar-refractivity contribution in [3.8, 4) is 0 Å². The van der Waals surface area contributed by atoms with Gasteiger partial charge in [-0.15, -0.1) is 0 Å². The van der Waals surface area contributed by atoms with Crippen LogP contribution in [-0.4, -0.2) is 24.7 Å². The quantitative estimate of drug-likeness (QED) is 0.604. The first-order valence-electron chi connectivity index (χ1n) is 8.33. The lowest BCUT2D eigenvalue weighted by Crippen LogP contribution is -2.38. The SMILES string of the molecule is CCc1noc(CC)c1CNC(=NC)NCCc1ccccc1F. The van der Waals surface area contributed by atoms with Gasteiger partial charge in [0.2, 0.25) is 0 Å². The van der Waals surface area contributed by atoms with E-state index in [-0.39, 0.29) is 5.82 Å². The molecule has 1 aromatic heterocycles. The van der Waals surface area contributed by atoms with Crippen LogP contribution in [0.4, 0.5) is 4.39 Å². The van der Waals surface area contributed by atoms with Crippen molar-refractivity contribution >= 4 is 5.96 Å². The van der Waals surface area contributed by atoms with Crippen molar-refractivity contribution in [1.82, 2.24) is 15.8 Å². The van der Waals surface area contributed by atoms with Crippen LogP contribution in [0.15, 0.2) is 33.8 Å². The van der Waals surface area contributed by atoms with Gasteiger partial charge in [0, 0.05) is 32.1 Å². The Morgan fingerprint density at radius 1 is 1.21 bits per heavy atom. The smallest absolute Gasteiger partial charge is 0.191 e. The minimum Gasteiger partial charge on any atom is -0.361 e. The highest BCUT2D eigenvalue weighted by Crippen LogP contribution is 2.15. The van der Waals surface area contributed by atoms with Gasteiger partial charge in [-0.1, -0.05) is 37.2 Å². The van der Waals surface area contributed by atoms with Crippen LogP contribution >= 0.6 is 0 Å². The number of nitrogens with one attached hydrogen (secondary N) is 2. The molecule has 0 fully saturated rings. The summed E-state index contributed by atoms with van der Waals surface area (Å²) in [7, 11) is 1.72. The van der Waals surface area contributed by atoms with Crippen LogP contribution in [0, 0.1) is 5.82 Å². The Kier molecular flexibility index (Phi) is 6.78. The first kappa shape index (κ1) is 18.0. The zero-order valence-corrected chi connectivity index (χ0v) is 14.5. The van der Waals surface area contributed by atoms with E-state index in [9.17, 15) is 4.39 Å². The van der Waals surface area contributed by atoms with Crippen molar-refractivity contribution in [1.29, 1.82) is 0 Å². The second kappa shape index (κ2) is 9.05. The number of nitrogens with zero attached hydrogens (tertiary/aromatic N) is 2. The van der Waals surface area contributed by atoms with Crippen LogP contribution in [0.2, 0.25) is 0 Å². The number of halogens is 1. The van der Waals surface area contributed by atoms with Gasteiger partial charge in [-0.05, 0) is 24.5 Å². The molecule has 2 rings (SSSR count). The minimum atomic E-state index is -0.174. The molecule has 0 aliphatic heterocycles. The van der Waals surface area contributed by atoms with Gasteiger partial charge in [0.1, 0.15) is 11.6 Å². The summed E-state index contributed by atoms with van der Waals surface area (Å²) in [5.41, 5.74) is 2.76. The van der Waals surface area contributed by atoms with Crippen molar-refractivity contribution < 1.29 is 8.91 Å². The topological polar surface area (TPSA) is 62.5 Å². The van der Waals surface area contributed by atoms with Crippen molar-refractivity contribution in [2.45, 2.75) is 39.7 Å². The number of rotatable bonds is 7. The fraction of sp³-hybridized carbons (Fsp3) is 0.444. The Hall–Kier alpha value is -2.37. The molecule has 5 nitrogen and oxygen atoms in total. The molecule has 2 aromatic rings. The van der Waals surface area contributed by atoms with E-state index in [4.69, 9.17) is 4.52 Å². The fourth-order valence-electron chi connectivity index (χ4n) is 2.55. The number of guanidine groups is 1. The fourth-order valence-corrected chi connectivity index (χ4v) is 2.55. The molecule has 0 atom stereocenters. The Labute approximate surface area is 142 Å². The average Bonchev–Trinajstić information content (AvgIpc) is 3.01. The van der Waals surface area contributed by atoms with Gasteiger partial charge in [0.05, 0.1) is 5.69 Å². The lowest BCUT2D eigenvalue weighted by Gasteiger charge is -2.12. The monoisotopic (exact) mass is 332 g/mol. The Morgan fingerprint density at radius 3 is 2.67 bits per heavy atom. The van der Waals surface area contributed by atoms with Crippen molar-refractivity contribution in [3.63, 3.8) is 0 Å². The van der Waals surface area contributed by atoms with Crippen molar-refractivity contribution in [3.05, 3.63) is 52.7 Å². The second-order valence-corrected chi connectivity index (χ2v) is 5.43. The largest absolute Gasteiger partial charge is 0.361 e. The van der Waals surface area contributed by atoms with E-state index in [0.717, 1.165) is 29.9 Å². The Morgan fingerprint density at radius 2 is 2.00 bits per heavy atom. The number of aryl methyl sites for hydroxylation is 2. The van der Waals surface area contributed by atoms with E-state index in [0.29, 0.717) is 31.0 Å². The number of hydrogen-bond donors (Lipinski definition) is 2. The normalized spacial score (nSPS) is 11.6. The summed E-state index contributed by atoms with van der Waals surface area (Å²) in [6.45, 7) is 5.31. The molecule has 0 unspecified atom stereocenters. The molecule has 1 heterocycles. The molecule has 6 heteroatoms. The maximum Gasteiger partial charge on any atom is 0.191 e. The summed E-state index contributed by atoms with van der Waals surface area (Å²) < 4.78 is 19.0. The maximum atomic E-state index is 13.6. The number of hydrogen-bond acceptors (Lipinski definition) is 3. The zero-order chi connectivity index (χ0) is 17.4. The minimum absolute atomic E-state index is 0.174. The van der Waals surface area contributed by atoms with Crippen LogP contribution in [0.1, 0.15) is 36.4 Å². The molecule has 24 heavy (non-hydrogen) atoms. The molecule has 0 amide bonds. The molecule has 2 N–H and O–H groups in total. The summed E-state index contributed by atoms with van der Waals surface area (Å²) in [4.78, 5) is 4.20. The highest BCUT2D eigenvalue weighted by molar-refractivity contribution is 5.79. The summed E-state index contributed by atoms with van der Waals surface area (Å²) >= 11 is 0. The van der Waals surface area contributed by atoms with E-state index in [1.54, 1.807) is 19.2 Å². The number of aromatic nitrogens is 1. The lowest BCUT2D eigenvalue weighted by molar-refractivity contribution is 0.380. The molecule has 0 radical (unpaired) electrons. The summed E-state index contributed by atoms with van der Waals surface area (Å²) in [6, 6.07) is 6.82. The van der Waals surface area contributed by atoms with Crippen LogP contribution in [0.5, 0.6) is 0 Å². The molecule has 1 aromatic carbocycles. The Bertz CT molecular complexity index is 660. The van der Waals surface area contributed by atoms with Crippen LogP contribution in [0.3, 0.4) is 0 Å². The highest BCUT2D eigenvalue weighted by atomic mass is 19.1. The standard InChI is InChI=1S/C18H25FN4O/c1-4-16-14(17(5-2)24-23-16)12-22-18(20-3)21-11-10-13-8-6-7-9-15(13)19/h6-9H,4-5,10-12H2,1-3H3,(H2,20,21,22). The van der Waals surface area contributed by atoms with Gasteiger partial charge in [0.25, 0.3) is 0 Å². The molecule has 0 saturated heterocycles. The van der Waals surface area contributed by atoms with Crippen molar-refractivity contribution in [2.24, 2.45) is 4.99 Å². The van der Waals surface area contributed by atoms with Crippen LogP contribution in [0.25, 0.3) is 0 Å². The van der Waals surface area contributed by atoms with Gasteiger partial charge in [-0.3, -0.25) is 4.99 Å². The molecule has 0 spiro atoms. The molecule has 0 aliphatic carbocycles. The highest BCUT2D eigenvalue weighted by Gasteiger charge is 2.13. The van der Waals surface area contributed by atoms with Crippen LogP contribution in [-0.2, 0) is 25.8 Å². The molecule has 0 saturated carbocycles. The van der Waals surface area contributed by atoms with E-state index >= 15 is 0 Å². The maximum absolute atomic E-state index is 13.6. The van der Waals surface area contributed by atoms with E-state index < -0.39 is 0 Å². The predicted octanol–water partition coefficient (Wildman–Crippen LogP) is 2.85. The van der Waals surface area contributed by atoms with E-state index in [1.807, 2.05) is 13.0 Å². The molecular formula is C18H25FN4O. The zero-order valence-electron chi connectivity index (χ0n) is 14.5. The number of benzene rings is 1. The number of aliphatic imine (C=N–C) groups is 1. The van der Waals surface area contributed by atoms with Gasteiger partial charge in [-0.25, -0.2) is 4.39 Å². The predicted molar refractivity (Wildman–Crippen MR) is 93.6 cm³/mol. The first-order chi connectivity index (χ1) is 11.7. The summed E-state index contributed by atoms with van der Waals surface area (Å²) in [5.74, 6) is 1.41. The summed E-state index contributed by atoms with van der Waals surface area (Å²) in [5, 5.41) is 10.6. The first-order valence-corrected chi connectivity index (χ1v) is 8.33. The molecule has 0 aliphatic rings. The molecular weight excluding hydrogens is 307 g/mol. The average molecular weight is 332 g/mol. The Balaban J connectivity index is 1.87. The van der Waals surface area contributed by atoms with Crippen molar-refractivity contribution in [2.75, 3.05) is 13.6 Å². The molecule has 0 bridgehead atoms. The third kappa shape index (κ3) is 4.57. The van der Waals surface area contributed by atoms with Gasteiger partial charge in [-0.2, -0.15) is 0 Å². The third-order valence-electron chi connectivity index (χ3n) is 3.91. The third-order valence-corrected chi connectivity index (χ3v) is 3.91. The summed E-state index contributed by atoms with van der Waals surface area (Å²) in [6.07, 6.45) is 2.24. The van der Waals surface area contributed by atoms with E-state index in [2.05, 4.69) is 27.7 Å².